The number of likely N-dealkylation sites (tertiary alicyclic amines) is 1. The highest BCUT2D eigenvalue weighted by Crippen LogP contribution is 2.28. The lowest BCUT2D eigenvalue weighted by molar-refractivity contribution is 0.0686. The van der Waals surface area contributed by atoms with Crippen LogP contribution in [0.2, 0.25) is 5.02 Å². The van der Waals surface area contributed by atoms with Gasteiger partial charge < -0.3 is 9.64 Å². The maximum Gasteiger partial charge on any atom is 0.257 e. The summed E-state index contributed by atoms with van der Waals surface area (Å²) >= 11 is 12.1. The van der Waals surface area contributed by atoms with E-state index >= 15 is 0 Å². The van der Waals surface area contributed by atoms with Gasteiger partial charge in [-0.25, -0.2) is 0 Å². The molecule has 1 saturated heterocycles. The van der Waals surface area contributed by atoms with Crippen molar-refractivity contribution in [1.29, 1.82) is 0 Å². The van der Waals surface area contributed by atoms with Gasteiger partial charge in [0.15, 0.2) is 0 Å². The molecule has 0 spiro atoms. The SMILES string of the molecule is COc1ccc(Cl)cc1C(=O)N1CCC(C(C)Cl)CC1. The van der Waals surface area contributed by atoms with E-state index < -0.39 is 0 Å². The number of hydrogen-bond acceptors (Lipinski definition) is 2. The van der Waals surface area contributed by atoms with E-state index in [-0.39, 0.29) is 11.3 Å². The molecule has 0 bridgehead atoms. The highest BCUT2D eigenvalue weighted by Gasteiger charge is 2.27. The summed E-state index contributed by atoms with van der Waals surface area (Å²) < 4.78 is 5.24. The number of halogens is 2. The Morgan fingerprint density at radius 1 is 1.40 bits per heavy atom. The summed E-state index contributed by atoms with van der Waals surface area (Å²) in [4.78, 5) is 14.4. The third-order valence-corrected chi connectivity index (χ3v) is 4.46. The van der Waals surface area contributed by atoms with Crippen LogP contribution in [0.5, 0.6) is 5.75 Å². The minimum Gasteiger partial charge on any atom is -0.496 e. The Morgan fingerprint density at radius 3 is 2.60 bits per heavy atom. The van der Waals surface area contributed by atoms with Crippen LogP contribution < -0.4 is 4.74 Å². The van der Waals surface area contributed by atoms with E-state index in [1.165, 1.54) is 0 Å². The van der Waals surface area contributed by atoms with E-state index in [2.05, 4.69) is 0 Å². The van der Waals surface area contributed by atoms with Crippen LogP contribution in [0.15, 0.2) is 18.2 Å². The van der Waals surface area contributed by atoms with Crippen molar-refractivity contribution in [3.8, 4) is 5.75 Å². The van der Waals surface area contributed by atoms with E-state index in [0.717, 1.165) is 25.9 Å². The van der Waals surface area contributed by atoms with Crippen LogP contribution in [0.1, 0.15) is 30.1 Å². The smallest absolute Gasteiger partial charge is 0.257 e. The second kappa shape index (κ2) is 6.68. The Morgan fingerprint density at radius 2 is 2.05 bits per heavy atom. The molecule has 1 heterocycles. The molecule has 1 unspecified atom stereocenters. The first-order valence-corrected chi connectivity index (χ1v) is 7.61. The van der Waals surface area contributed by atoms with Crippen LogP contribution in [0.3, 0.4) is 0 Å². The molecule has 0 radical (unpaired) electrons. The Balaban J connectivity index is 2.11. The van der Waals surface area contributed by atoms with Crippen molar-refractivity contribution in [2.24, 2.45) is 5.92 Å². The molecule has 1 aromatic rings. The fourth-order valence-corrected chi connectivity index (χ4v) is 3.00. The van der Waals surface area contributed by atoms with Gasteiger partial charge in [-0.1, -0.05) is 11.6 Å². The molecule has 1 atom stereocenters. The van der Waals surface area contributed by atoms with Gasteiger partial charge in [0, 0.05) is 23.5 Å². The Kier molecular flexibility index (Phi) is 5.17. The van der Waals surface area contributed by atoms with Gasteiger partial charge >= 0.3 is 0 Å². The fourth-order valence-electron chi connectivity index (χ4n) is 2.58. The molecule has 0 aliphatic carbocycles. The molecule has 1 fully saturated rings. The van der Waals surface area contributed by atoms with Crippen LogP contribution in [0.4, 0.5) is 0 Å². The molecular weight excluding hydrogens is 297 g/mol. The Hall–Kier alpha value is -0.930. The zero-order chi connectivity index (χ0) is 14.7. The molecule has 110 valence electrons. The van der Waals surface area contributed by atoms with Crippen LogP contribution in [-0.4, -0.2) is 36.4 Å². The molecule has 0 N–H and O–H groups in total. The van der Waals surface area contributed by atoms with Gasteiger partial charge in [0.25, 0.3) is 5.91 Å². The lowest BCUT2D eigenvalue weighted by Crippen LogP contribution is -2.40. The summed E-state index contributed by atoms with van der Waals surface area (Å²) in [7, 11) is 1.56. The third kappa shape index (κ3) is 3.39. The maximum absolute atomic E-state index is 12.6. The zero-order valence-electron chi connectivity index (χ0n) is 11.7. The number of nitrogens with zero attached hydrogens (tertiary/aromatic N) is 1. The van der Waals surface area contributed by atoms with Gasteiger partial charge in [-0.15, -0.1) is 11.6 Å². The van der Waals surface area contributed by atoms with E-state index in [1.807, 2.05) is 11.8 Å². The van der Waals surface area contributed by atoms with Gasteiger partial charge in [0.1, 0.15) is 5.75 Å². The molecule has 1 aromatic carbocycles. The first-order valence-electron chi connectivity index (χ1n) is 6.79. The summed E-state index contributed by atoms with van der Waals surface area (Å²) in [6, 6.07) is 5.11. The van der Waals surface area contributed by atoms with Crippen LogP contribution in [0, 0.1) is 5.92 Å². The lowest BCUT2D eigenvalue weighted by atomic mass is 9.93. The average Bonchev–Trinajstić information content (AvgIpc) is 2.46. The number of carbonyl (C=O) groups excluding carboxylic acids is 1. The average molecular weight is 316 g/mol. The van der Waals surface area contributed by atoms with Crippen molar-refractivity contribution >= 4 is 29.1 Å². The molecule has 1 aliphatic heterocycles. The minimum absolute atomic E-state index is 0.0231. The molecule has 0 aromatic heterocycles. The van der Waals surface area contributed by atoms with E-state index in [0.29, 0.717) is 22.3 Å². The van der Waals surface area contributed by atoms with Gasteiger partial charge in [-0.05, 0) is 43.9 Å². The maximum atomic E-state index is 12.6. The van der Waals surface area contributed by atoms with Gasteiger partial charge in [0.05, 0.1) is 12.7 Å². The highest BCUT2D eigenvalue weighted by atomic mass is 35.5. The normalized spacial score (nSPS) is 17.9. The van der Waals surface area contributed by atoms with Crippen molar-refractivity contribution in [1.82, 2.24) is 4.90 Å². The monoisotopic (exact) mass is 315 g/mol. The van der Waals surface area contributed by atoms with Crippen LogP contribution in [0.25, 0.3) is 0 Å². The summed E-state index contributed by atoms with van der Waals surface area (Å²) in [6.45, 7) is 3.48. The van der Waals surface area contributed by atoms with Gasteiger partial charge in [-0.2, -0.15) is 0 Å². The Labute approximate surface area is 129 Å². The molecule has 0 saturated carbocycles. The molecule has 20 heavy (non-hydrogen) atoms. The molecule has 3 nitrogen and oxygen atoms in total. The lowest BCUT2D eigenvalue weighted by Gasteiger charge is -2.33. The van der Waals surface area contributed by atoms with Crippen molar-refractivity contribution < 1.29 is 9.53 Å². The van der Waals surface area contributed by atoms with Gasteiger partial charge in [-0.3, -0.25) is 4.79 Å². The predicted octanol–water partition coefficient (Wildman–Crippen LogP) is 3.83. The first-order chi connectivity index (χ1) is 9.52. The molecule has 1 aliphatic rings. The molecular formula is C15H19Cl2NO2. The van der Waals surface area contributed by atoms with Crippen LogP contribution >= 0.6 is 23.2 Å². The van der Waals surface area contributed by atoms with E-state index in [4.69, 9.17) is 27.9 Å². The quantitative estimate of drug-likeness (QED) is 0.793. The number of benzene rings is 1. The zero-order valence-corrected chi connectivity index (χ0v) is 13.2. The third-order valence-electron chi connectivity index (χ3n) is 3.87. The summed E-state index contributed by atoms with van der Waals surface area (Å²) in [6.07, 6.45) is 1.89. The molecule has 5 heteroatoms. The largest absolute Gasteiger partial charge is 0.496 e. The minimum atomic E-state index is -0.0231. The predicted molar refractivity (Wildman–Crippen MR) is 81.9 cm³/mol. The highest BCUT2D eigenvalue weighted by molar-refractivity contribution is 6.31. The number of ether oxygens (including phenoxy) is 1. The number of amides is 1. The van der Waals surface area contributed by atoms with Crippen molar-refractivity contribution in [2.75, 3.05) is 20.2 Å². The van der Waals surface area contributed by atoms with E-state index in [9.17, 15) is 4.79 Å². The van der Waals surface area contributed by atoms with E-state index in [1.54, 1.807) is 25.3 Å². The van der Waals surface area contributed by atoms with Crippen molar-refractivity contribution in [3.63, 3.8) is 0 Å². The summed E-state index contributed by atoms with van der Waals surface area (Å²) in [5.74, 6) is 1.03. The fraction of sp³-hybridized carbons (Fsp3) is 0.533. The number of rotatable bonds is 3. The summed E-state index contributed by atoms with van der Waals surface area (Å²) in [5.41, 5.74) is 0.525. The standard InChI is InChI=1S/C15H19Cl2NO2/c1-10(16)11-5-7-18(8-6-11)15(19)13-9-12(17)3-4-14(13)20-2/h3-4,9-11H,5-8H2,1-2H3. The van der Waals surface area contributed by atoms with Crippen molar-refractivity contribution in [3.05, 3.63) is 28.8 Å². The second-order valence-corrected chi connectivity index (χ2v) is 6.28. The second-order valence-electron chi connectivity index (χ2n) is 5.15. The topological polar surface area (TPSA) is 29.5 Å². The number of alkyl halides is 1. The van der Waals surface area contributed by atoms with Crippen molar-refractivity contribution in [2.45, 2.75) is 25.1 Å². The van der Waals surface area contributed by atoms with Gasteiger partial charge in [0.2, 0.25) is 0 Å². The summed E-state index contributed by atoms with van der Waals surface area (Å²) in [5, 5.41) is 0.700. The number of carbonyl (C=O) groups is 1. The number of piperidine rings is 1. The number of hydrogen-bond donors (Lipinski definition) is 0. The molecule has 2 rings (SSSR count). The number of methoxy groups -OCH3 is 1. The first kappa shape index (κ1) is 15.5. The molecule has 1 amide bonds. The van der Waals surface area contributed by atoms with Crippen LogP contribution in [-0.2, 0) is 0 Å². The Bertz CT molecular complexity index is 483.